The molecule has 0 radical (unpaired) electrons. The molecule has 0 spiro atoms. The maximum absolute atomic E-state index is 12.5. The van der Waals surface area contributed by atoms with E-state index in [0.717, 1.165) is 10.2 Å². The monoisotopic (exact) mass is 417 g/mol. The maximum atomic E-state index is 12.5. The SMILES string of the molecule is COC(=O)c1ccccc1Nc1nnc(SCc2ccc(Cl)cc2)n(N)c1=O. The Morgan fingerprint density at radius 3 is 2.64 bits per heavy atom. The van der Waals surface area contributed by atoms with Crippen LogP contribution in [-0.2, 0) is 10.5 Å². The maximum Gasteiger partial charge on any atom is 0.339 e. The molecular weight excluding hydrogens is 402 g/mol. The largest absolute Gasteiger partial charge is 0.465 e. The molecule has 28 heavy (non-hydrogen) atoms. The van der Waals surface area contributed by atoms with Gasteiger partial charge in [-0.2, -0.15) is 4.68 Å². The van der Waals surface area contributed by atoms with Gasteiger partial charge in [0.05, 0.1) is 18.4 Å². The molecule has 144 valence electrons. The summed E-state index contributed by atoms with van der Waals surface area (Å²) in [6.07, 6.45) is 0. The number of nitrogens with one attached hydrogen (secondary N) is 1. The second-order valence-electron chi connectivity index (χ2n) is 5.58. The fraction of sp³-hybridized carbons (Fsp3) is 0.111. The van der Waals surface area contributed by atoms with E-state index in [4.69, 9.17) is 22.2 Å². The summed E-state index contributed by atoms with van der Waals surface area (Å²) < 4.78 is 5.65. The number of hydrogen-bond donors (Lipinski definition) is 2. The van der Waals surface area contributed by atoms with Crippen molar-refractivity contribution in [2.45, 2.75) is 10.9 Å². The standard InChI is InChI=1S/C18H16ClN5O3S/c1-27-17(26)13-4-2-3-5-14(13)21-15-16(25)24(20)18(23-22-15)28-10-11-6-8-12(19)9-7-11/h2-9H,10,20H2,1H3,(H,21,22). The van der Waals surface area contributed by atoms with Gasteiger partial charge in [0.1, 0.15) is 0 Å². The first-order valence-electron chi connectivity index (χ1n) is 8.06. The van der Waals surface area contributed by atoms with Crippen molar-refractivity contribution in [3.05, 3.63) is 75.0 Å². The Morgan fingerprint density at radius 1 is 1.21 bits per heavy atom. The third-order valence-corrected chi connectivity index (χ3v) is 5.00. The Balaban J connectivity index is 1.80. The average Bonchev–Trinajstić information content (AvgIpc) is 2.72. The van der Waals surface area contributed by atoms with Gasteiger partial charge in [-0.15, -0.1) is 10.2 Å². The lowest BCUT2D eigenvalue weighted by atomic mass is 10.2. The highest BCUT2D eigenvalue weighted by Gasteiger charge is 2.15. The van der Waals surface area contributed by atoms with Gasteiger partial charge in [-0.05, 0) is 29.8 Å². The van der Waals surface area contributed by atoms with E-state index >= 15 is 0 Å². The number of thioether (sulfide) groups is 1. The lowest BCUT2D eigenvalue weighted by Crippen LogP contribution is -2.32. The molecule has 1 aromatic heterocycles. The number of aromatic nitrogens is 3. The van der Waals surface area contributed by atoms with Crippen molar-refractivity contribution in [2.24, 2.45) is 0 Å². The number of benzene rings is 2. The summed E-state index contributed by atoms with van der Waals surface area (Å²) in [7, 11) is 1.28. The van der Waals surface area contributed by atoms with Crippen molar-refractivity contribution < 1.29 is 9.53 Å². The third kappa shape index (κ3) is 4.44. The van der Waals surface area contributed by atoms with Crippen LogP contribution in [0.15, 0.2) is 58.5 Å². The first-order valence-corrected chi connectivity index (χ1v) is 9.42. The van der Waals surface area contributed by atoms with Crippen LogP contribution in [0.5, 0.6) is 0 Å². The Hall–Kier alpha value is -3.04. The summed E-state index contributed by atoms with van der Waals surface area (Å²) in [5.74, 6) is 5.78. The molecule has 0 bridgehead atoms. The number of hydrogen-bond acceptors (Lipinski definition) is 8. The van der Waals surface area contributed by atoms with E-state index in [-0.39, 0.29) is 16.5 Å². The predicted molar refractivity (Wildman–Crippen MR) is 109 cm³/mol. The molecule has 0 aliphatic rings. The molecule has 0 saturated heterocycles. The van der Waals surface area contributed by atoms with Gasteiger partial charge < -0.3 is 15.9 Å². The van der Waals surface area contributed by atoms with Gasteiger partial charge in [0.2, 0.25) is 11.0 Å². The zero-order valence-corrected chi connectivity index (χ0v) is 16.3. The number of methoxy groups -OCH3 is 1. The molecule has 3 rings (SSSR count). The molecule has 0 aliphatic carbocycles. The zero-order valence-electron chi connectivity index (χ0n) is 14.8. The molecule has 3 N–H and O–H groups in total. The highest BCUT2D eigenvalue weighted by atomic mass is 35.5. The summed E-state index contributed by atoms with van der Waals surface area (Å²) in [5.41, 5.74) is 1.05. The number of para-hydroxylation sites is 1. The van der Waals surface area contributed by atoms with Crippen molar-refractivity contribution in [1.82, 2.24) is 14.9 Å². The molecule has 2 aromatic carbocycles. The topological polar surface area (TPSA) is 112 Å². The minimum Gasteiger partial charge on any atom is -0.465 e. The van der Waals surface area contributed by atoms with E-state index in [0.29, 0.717) is 16.5 Å². The highest BCUT2D eigenvalue weighted by molar-refractivity contribution is 7.98. The van der Waals surface area contributed by atoms with Gasteiger partial charge in [-0.25, -0.2) is 4.79 Å². The summed E-state index contributed by atoms with van der Waals surface area (Å²) in [6, 6.07) is 13.9. The lowest BCUT2D eigenvalue weighted by Gasteiger charge is -2.11. The van der Waals surface area contributed by atoms with E-state index < -0.39 is 11.5 Å². The molecule has 0 atom stereocenters. The first-order chi connectivity index (χ1) is 13.5. The minimum absolute atomic E-state index is 0.102. The number of nitrogens with two attached hydrogens (primary N) is 1. The van der Waals surface area contributed by atoms with Crippen LogP contribution in [0.4, 0.5) is 11.5 Å². The quantitative estimate of drug-likeness (QED) is 0.357. The van der Waals surface area contributed by atoms with Crippen molar-refractivity contribution in [3.63, 3.8) is 0 Å². The Kier molecular flexibility index (Phi) is 6.17. The van der Waals surface area contributed by atoms with Crippen LogP contribution in [0, 0.1) is 0 Å². The number of halogens is 1. The van der Waals surface area contributed by atoms with Crippen molar-refractivity contribution in [3.8, 4) is 0 Å². The number of esters is 1. The smallest absolute Gasteiger partial charge is 0.339 e. The Morgan fingerprint density at radius 2 is 1.93 bits per heavy atom. The summed E-state index contributed by atoms with van der Waals surface area (Å²) in [4.78, 5) is 24.4. The van der Waals surface area contributed by atoms with Crippen LogP contribution in [-0.4, -0.2) is 28.0 Å². The number of nitrogens with zero attached hydrogens (tertiary/aromatic N) is 3. The van der Waals surface area contributed by atoms with Crippen molar-refractivity contribution in [1.29, 1.82) is 0 Å². The fourth-order valence-corrected chi connectivity index (χ4v) is 3.23. The van der Waals surface area contributed by atoms with Crippen LogP contribution in [0.2, 0.25) is 5.02 Å². The van der Waals surface area contributed by atoms with Gasteiger partial charge in [0.15, 0.2) is 0 Å². The number of nitrogen functional groups attached to an aromatic ring is 1. The lowest BCUT2D eigenvalue weighted by molar-refractivity contribution is 0.0602. The van der Waals surface area contributed by atoms with E-state index in [1.54, 1.807) is 36.4 Å². The molecule has 10 heteroatoms. The minimum atomic E-state index is -0.576. The van der Waals surface area contributed by atoms with E-state index in [9.17, 15) is 9.59 Å². The van der Waals surface area contributed by atoms with Crippen LogP contribution < -0.4 is 16.7 Å². The zero-order chi connectivity index (χ0) is 20.1. The van der Waals surface area contributed by atoms with Gasteiger partial charge >= 0.3 is 11.5 Å². The molecule has 3 aromatic rings. The van der Waals surface area contributed by atoms with Gasteiger partial charge in [-0.1, -0.05) is 47.6 Å². The number of carbonyl (C=O) groups excluding carboxylic acids is 1. The average molecular weight is 418 g/mol. The third-order valence-electron chi connectivity index (χ3n) is 3.73. The first kappa shape index (κ1) is 19.7. The van der Waals surface area contributed by atoms with Crippen molar-refractivity contribution >= 4 is 40.8 Å². The predicted octanol–water partition coefficient (Wildman–Crippen LogP) is 2.83. The van der Waals surface area contributed by atoms with E-state index in [2.05, 4.69) is 15.5 Å². The van der Waals surface area contributed by atoms with E-state index in [1.165, 1.54) is 18.9 Å². The summed E-state index contributed by atoms with van der Waals surface area (Å²) >= 11 is 7.13. The molecule has 1 heterocycles. The summed E-state index contributed by atoms with van der Waals surface area (Å²) in [5, 5.41) is 11.6. The molecule has 0 unspecified atom stereocenters. The van der Waals surface area contributed by atoms with Crippen LogP contribution in [0.3, 0.4) is 0 Å². The number of carbonyl (C=O) groups is 1. The molecule has 0 fully saturated rings. The molecule has 8 nitrogen and oxygen atoms in total. The van der Waals surface area contributed by atoms with Crippen LogP contribution in [0.25, 0.3) is 0 Å². The normalized spacial score (nSPS) is 10.5. The second-order valence-corrected chi connectivity index (χ2v) is 6.96. The molecular formula is C18H16ClN5O3S. The number of ether oxygens (including phenoxy) is 1. The molecule has 0 saturated carbocycles. The van der Waals surface area contributed by atoms with E-state index in [1.807, 2.05) is 12.1 Å². The number of rotatable bonds is 6. The molecule has 0 amide bonds. The summed E-state index contributed by atoms with van der Waals surface area (Å²) in [6.45, 7) is 0. The van der Waals surface area contributed by atoms with Crippen LogP contribution in [0.1, 0.15) is 15.9 Å². The van der Waals surface area contributed by atoms with Crippen LogP contribution >= 0.6 is 23.4 Å². The fourth-order valence-electron chi connectivity index (χ4n) is 2.30. The van der Waals surface area contributed by atoms with Gasteiger partial charge in [0, 0.05) is 10.8 Å². The Labute approximate surface area is 169 Å². The second kappa shape index (κ2) is 8.77. The molecule has 0 aliphatic heterocycles. The van der Waals surface area contributed by atoms with Gasteiger partial charge in [-0.3, -0.25) is 4.79 Å². The highest BCUT2D eigenvalue weighted by Crippen LogP contribution is 2.22. The Bertz CT molecular complexity index is 1060. The van der Waals surface area contributed by atoms with Crippen molar-refractivity contribution in [2.75, 3.05) is 18.3 Å². The van der Waals surface area contributed by atoms with Gasteiger partial charge in [0.25, 0.3) is 0 Å². The number of anilines is 2.